The third-order valence-corrected chi connectivity index (χ3v) is 2.59. The fourth-order valence-corrected chi connectivity index (χ4v) is 1.66. The maximum Gasteiger partial charge on any atom is 0.312 e. The minimum absolute atomic E-state index is 0.106. The van der Waals surface area contributed by atoms with E-state index < -0.39 is 11.0 Å². The van der Waals surface area contributed by atoms with Gasteiger partial charge in [-0.15, -0.1) is 0 Å². The first-order valence-electron chi connectivity index (χ1n) is 5.25. The molecule has 1 aromatic rings. The molecule has 1 heterocycles. The molecule has 0 aliphatic rings. The first-order chi connectivity index (χ1) is 8.54. The molecule has 0 aliphatic heterocycles. The van der Waals surface area contributed by atoms with Crippen molar-refractivity contribution in [3.63, 3.8) is 0 Å². The van der Waals surface area contributed by atoms with Gasteiger partial charge < -0.3 is 15.2 Å². The van der Waals surface area contributed by atoms with Gasteiger partial charge in [0.15, 0.2) is 0 Å². The Morgan fingerprint density at radius 3 is 3.06 bits per heavy atom. The Bertz CT molecular complexity index is 416. The molecule has 7 nitrogen and oxygen atoms in total. The van der Waals surface area contributed by atoms with Crippen molar-refractivity contribution in [2.75, 3.05) is 25.6 Å². The zero-order valence-electron chi connectivity index (χ0n) is 9.80. The quantitative estimate of drug-likeness (QED) is 0.584. The standard InChI is InChI=1S/C10H14BrN3O4/c1-18-6-8(15)2-3-12-10-9(14(16)17)4-7(11)5-13-10/h4-5,8,15H,2-3,6H2,1H3,(H,12,13). The summed E-state index contributed by atoms with van der Waals surface area (Å²) in [6, 6.07) is 1.38. The van der Waals surface area contributed by atoms with Crippen molar-refractivity contribution in [2.24, 2.45) is 0 Å². The van der Waals surface area contributed by atoms with Gasteiger partial charge in [-0.25, -0.2) is 4.98 Å². The highest BCUT2D eigenvalue weighted by atomic mass is 79.9. The number of aliphatic hydroxyl groups is 1. The van der Waals surface area contributed by atoms with Crippen molar-refractivity contribution >= 4 is 27.4 Å². The number of aliphatic hydroxyl groups excluding tert-OH is 1. The number of rotatable bonds is 7. The van der Waals surface area contributed by atoms with Crippen molar-refractivity contribution < 1.29 is 14.8 Å². The van der Waals surface area contributed by atoms with Gasteiger partial charge >= 0.3 is 5.69 Å². The molecule has 0 radical (unpaired) electrons. The molecule has 18 heavy (non-hydrogen) atoms. The Balaban J connectivity index is 2.59. The van der Waals surface area contributed by atoms with Crippen LogP contribution in [0, 0.1) is 10.1 Å². The van der Waals surface area contributed by atoms with E-state index in [9.17, 15) is 15.2 Å². The molecule has 0 aromatic carbocycles. The number of ether oxygens (including phenoxy) is 1. The van der Waals surface area contributed by atoms with Gasteiger partial charge in [-0.1, -0.05) is 0 Å². The Kier molecular flexibility index (Phi) is 5.96. The summed E-state index contributed by atoms with van der Waals surface area (Å²) in [5.74, 6) is 0.188. The molecule has 0 amide bonds. The Labute approximate surface area is 112 Å². The lowest BCUT2D eigenvalue weighted by Gasteiger charge is -2.10. The maximum absolute atomic E-state index is 10.8. The number of nitro groups is 1. The average Bonchev–Trinajstić information content (AvgIpc) is 2.31. The lowest BCUT2D eigenvalue weighted by Crippen LogP contribution is -2.19. The van der Waals surface area contributed by atoms with Gasteiger partial charge in [0.25, 0.3) is 0 Å². The van der Waals surface area contributed by atoms with E-state index in [0.29, 0.717) is 17.4 Å². The lowest BCUT2D eigenvalue weighted by molar-refractivity contribution is -0.384. The monoisotopic (exact) mass is 319 g/mol. The second-order valence-electron chi connectivity index (χ2n) is 3.60. The van der Waals surface area contributed by atoms with Crippen LogP contribution in [0.2, 0.25) is 0 Å². The molecule has 1 rings (SSSR count). The van der Waals surface area contributed by atoms with Crippen LogP contribution in [0.3, 0.4) is 0 Å². The summed E-state index contributed by atoms with van der Waals surface area (Å²) in [5, 5.41) is 23.1. The number of pyridine rings is 1. The number of halogens is 1. The third-order valence-electron chi connectivity index (χ3n) is 2.16. The van der Waals surface area contributed by atoms with Gasteiger partial charge in [0.2, 0.25) is 5.82 Å². The molecule has 0 bridgehead atoms. The van der Waals surface area contributed by atoms with Crippen LogP contribution in [0.15, 0.2) is 16.7 Å². The Morgan fingerprint density at radius 2 is 2.44 bits per heavy atom. The van der Waals surface area contributed by atoms with Crippen molar-refractivity contribution in [2.45, 2.75) is 12.5 Å². The predicted octanol–water partition coefficient (Wildman–Crippen LogP) is 1.56. The van der Waals surface area contributed by atoms with Crippen LogP contribution in [0.25, 0.3) is 0 Å². The van der Waals surface area contributed by atoms with Crippen molar-refractivity contribution in [1.82, 2.24) is 4.98 Å². The van der Waals surface area contributed by atoms with Crippen LogP contribution < -0.4 is 5.32 Å². The Morgan fingerprint density at radius 1 is 1.72 bits per heavy atom. The molecule has 0 aliphatic carbocycles. The maximum atomic E-state index is 10.8. The fraction of sp³-hybridized carbons (Fsp3) is 0.500. The zero-order chi connectivity index (χ0) is 13.5. The number of aromatic nitrogens is 1. The van der Waals surface area contributed by atoms with E-state index in [2.05, 4.69) is 26.2 Å². The molecule has 8 heteroatoms. The van der Waals surface area contributed by atoms with E-state index in [1.807, 2.05) is 0 Å². The number of methoxy groups -OCH3 is 1. The highest BCUT2D eigenvalue weighted by Gasteiger charge is 2.15. The molecule has 1 aromatic heterocycles. The predicted molar refractivity (Wildman–Crippen MR) is 69.6 cm³/mol. The van der Waals surface area contributed by atoms with Gasteiger partial charge in [0.1, 0.15) is 0 Å². The first-order valence-corrected chi connectivity index (χ1v) is 6.04. The molecule has 2 N–H and O–H groups in total. The fourth-order valence-electron chi connectivity index (χ4n) is 1.34. The largest absolute Gasteiger partial charge is 0.391 e. The molecule has 0 fully saturated rings. The van der Waals surface area contributed by atoms with Crippen LogP contribution in [-0.4, -0.2) is 41.4 Å². The number of nitrogens with zero attached hydrogens (tertiary/aromatic N) is 2. The first kappa shape index (κ1) is 14.8. The second-order valence-corrected chi connectivity index (χ2v) is 4.52. The zero-order valence-corrected chi connectivity index (χ0v) is 11.4. The molecule has 0 saturated heterocycles. The second kappa shape index (κ2) is 7.24. The summed E-state index contributed by atoms with van der Waals surface area (Å²) >= 11 is 3.13. The molecule has 1 unspecified atom stereocenters. The van der Waals surface area contributed by atoms with Crippen molar-refractivity contribution in [3.05, 3.63) is 26.9 Å². The minimum Gasteiger partial charge on any atom is -0.391 e. The SMILES string of the molecule is COCC(O)CCNc1ncc(Br)cc1[N+](=O)[O-]. The summed E-state index contributed by atoms with van der Waals surface area (Å²) < 4.78 is 5.32. The van der Waals surface area contributed by atoms with Gasteiger partial charge in [-0.2, -0.15) is 0 Å². The molecular weight excluding hydrogens is 306 g/mol. The van der Waals surface area contributed by atoms with Crippen LogP contribution in [-0.2, 0) is 4.74 Å². The van der Waals surface area contributed by atoms with Crippen LogP contribution in [0.4, 0.5) is 11.5 Å². The van der Waals surface area contributed by atoms with Gasteiger partial charge in [-0.05, 0) is 22.4 Å². The van der Waals surface area contributed by atoms with E-state index in [-0.39, 0.29) is 18.1 Å². The van der Waals surface area contributed by atoms with E-state index in [4.69, 9.17) is 4.74 Å². The lowest BCUT2D eigenvalue weighted by atomic mass is 10.2. The van der Waals surface area contributed by atoms with Crippen LogP contribution >= 0.6 is 15.9 Å². The third kappa shape index (κ3) is 4.55. The summed E-state index contributed by atoms with van der Waals surface area (Å²) in [4.78, 5) is 14.2. The topological polar surface area (TPSA) is 97.5 Å². The van der Waals surface area contributed by atoms with Gasteiger partial charge in [0, 0.05) is 30.4 Å². The number of nitrogens with one attached hydrogen (secondary N) is 1. The van der Waals surface area contributed by atoms with Crippen molar-refractivity contribution in [3.8, 4) is 0 Å². The van der Waals surface area contributed by atoms with E-state index in [1.54, 1.807) is 0 Å². The number of anilines is 1. The molecule has 0 saturated carbocycles. The average molecular weight is 320 g/mol. The summed E-state index contributed by atoms with van der Waals surface area (Å²) in [7, 11) is 1.50. The normalized spacial score (nSPS) is 12.2. The minimum atomic E-state index is -0.600. The molecule has 1 atom stereocenters. The van der Waals surface area contributed by atoms with E-state index >= 15 is 0 Å². The molecule has 100 valence electrons. The van der Waals surface area contributed by atoms with E-state index in [1.165, 1.54) is 19.4 Å². The van der Waals surface area contributed by atoms with Crippen LogP contribution in [0.1, 0.15) is 6.42 Å². The number of hydrogen-bond acceptors (Lipinski definition) is 6. The summed E-state index contributed by atoms with van der Waals surface area (Å²) in [5.41, 5.74) is -0.106. The Hall–Kier alpha value is -1.25. The highest BCUT2D eigenvalue weighted by molar-refractivity contribution is 9.10. The summed E-state index contributed by atoms with van der Waals surface area (Å²) in [6.07, 6.45) is 1.29. The van der Waals surface area contributed by atoms with Gasteiger partial charge in [0.05, 0.1) is 17.6 Å². The highest BCUT2D eigenvalue weighted by Crippen LogP contribution is 2.25. The van der Waals surface area contributed by atoms with Gasteiger partial charge in [-0.3, -0.25) is 10.1 Å². The summed E-state index contributed by atoms with van der Waals surface area (Å²) in [6.45, 7) is 0.609. The van der Waals surface area contributed by atoms with Crippen LogP contribution in [0.5, 0.6) is 0 Å². The number of hydrogen-bond donors (Lipinski definition) is 2. The molecule has 0 spiro atoms. The van der Waals surface area contributed by atoms with Crippen molar-refractivity contribution in [1.29, 1.82) is 0 Å². The molecular formula is C10H14BrN3O4. The van der Waals surface area contributed by atoms with E-state index in [0.717, 1.165) is 0 Å². The smallest absolute Gasteiger partial charge is 0.312 e.